The molecule has 164 valence electrons. The number of carboxylic acid groups (broad SMARTS) is 1. The molecule has 3 atom stereocenters. The van der Waals surface area contributed by atoms with Crippen molar-refractivity contribution in [1.29, 1.82) is 0 Å². The number of hydrogen-bond donors (Lipinski definition) is 1. The monoisotopic (exact) mass is 446 g/mol. The van der Waals surface area contributed by atoms with Gasteiger partial charge in [0.25, 0.3) is 0 Å². The van der Waals surface area contributed by atoms with Crippen molar-refractivity contribution in [3.05, 3.63) is 36.2 Å². The summed E-state index contributed by atoms with van der Waals surface area (Å²) < 4.78 is 74.3. The number of nitrogens with zero attached hydrogens (tertiary/aromatic N) is 2. The number of carboxylic acids is 1. The molecular weight excluding hydrogens is 425 g/mol. The van der Waals surface area contributed by atoms with Gasteiger partial charge in [0.1, 0.15) is 0 Å². The topological polar surface area (TPSA) is 98.5 Å². The zero-order chi connectivity index (χ0) is 22.3. The lowest BCUT2D eigenvalue weighted by Crippen LogP contribution is -2.25. The van der Waals surface area contributed by atoms with E-state index in [4.69, 9.17) is 4.74 Å². The van der Waals surface area contributed by atoms with Crippen molar-refractivity contribution in [1.82, 2.24) is 9.78 Å². The maximum Gasteiger partial charge on any atom is 0.417 e. The summed E-state index contributed by atoms with van der Waals surface area (Å²) in [4.78, 5) is 10.6. The molecule has 1 aromatic heterocycles. The van der Waals surface area contributed by atoms with Crippen LogP contribution in [-0.2, 0) is 32.6 Å². The Morgan fingerprint density at radius 2 is 2.00 bits per heavy atom. The van der Waals surface area contributed by atoms with E-state index in [9.17, 15) is 31.5 Å². The van der Waals surface area contributed by atoms with Gasteiger partial charge in [0.15, 0.2) is 9.84 Å². The minimum atomic E-state index is -4.91. The standard InChI is InChI=1S/C19H21F3N2O5S/c1-3-29-16-8-13(7-14(16)18(25)26)30(27,28)17-5-4-11(6-15(17)19(20,21)22)12-9-23-24(2)10-12/h4-6,9-10,13-14,16H,3,7-8H2,1-2H3,(H,25,26)/t13-,14+,16-/m1/s1. The van der Waals surface area contributed by atoms with E-state index >= 15 is 0 Å². The molecule has 0 saturated heterocycles. The lowest BCUT2D eigenvalue weighted by atomic mass is 10.1. The summed E-state index contributed by atoms with van der Waals surface area (Å²) in [6.07, 6.45) is -3.35. The average Bonchev–Trinajstić information content (AvgIpc) is 3.28. The Balaban J connectivity index is 2.04. The van der Waals surface area contributed by atoms with Crippen molar-refractivity contribution < 1.29 is 36.2 Å². The fourth-order valence-corrected chi connectivity index (χ4v) is 5.80. The van der Waals surface area contributed by atoms with Crippen molar-refractivity contribution >= 4 is 15.8 Å². The van der Waals surface area contributed by atoms with E-state index in [1.165, 1.54) is 23.1 Å². The van der Waals surface area contributed by atoms with Gasteiger partial charge < -0.3 is 9.84 Å². The highest BCUT2D eigenvalue weighted by Gasteiger charge is 2.47. The summed E-state index contributed by atoms with van der Waals surface area (Å²) in [6.45, 7) is 1.81. The molecule has 30 heavy (non-hydrogen) atoms. The van der Waals surface area contributed by atoms with Crippen LogP contribution in [0.2, 0.25) is 0 Å². The molecule has 0 unspecified atom stereocenters. The molecule has 0 amide bonds. The van der Waals surface area contributed by atoms with Crippen molar-refractivity contribution in [2.75, 3.05) is 6.61 Å². The number of hydrogen-bond acceptors (Lipinski definition) is 5. The molecule has 3 rings (SSSR count). The van der Waals surface area contributed by atoms with Gasteiger partial charge in [0.05, 0.1) is 33.9 Å². The number of ether oxygens (including phenoxy) is 1. The molecule has 1 aliphatic carbocycles. The van der Waals surface area contributed by atoms with Crippen LogP contribution < -0.4 is 0 Å². The molecular formula is C19H21F3N2O5S. The Morgan fingerprint density at radius 1 is 1.30 bits per heavy atom. The summed E-state index contributed by atoms with van der Waals surface area (Å²) >= 11 is 0. The van der Waals surface area contributed by atoms with Crippen molar-refractivity contribution in [2.24, 2.45) is 13.0 Å². The van der Waals surface area contributed by atoms with Crippen LogP contribution >= 0.6 is 0 Å². The van der Waals surface area contributed by atoms with Crippen LogP contribution in [0.3, 0.4) is 0 Å². The Morgan fingerprint density at radius 3 is 2.53 bits per heavy atom. The molecule has 0 radical (unpaired) electrons. The Kier molecular flexibility index (Phi) is 5.96. The Hall–Kier alpha value is -2.40. The number of alkyl halides is 3. The second kappa shape index (κ2) is 8.03. The van der Waals surface area contributed by atoms with Crippen LogP contribution in [0.25, 0.3) is 11.1 Å². The molecule has 1 heterocycles. The summed E-state index contributed by atoms with van der Waals surface area (Å²) in [7, 11) is -2.84. The highest BCUT2D eigenvalue weighted by Crippen LogP contribution is 2.42. The maximum absolute atomic E-state index is 13.8. The van der Waals surface area contributed by atoms with Crippen molar-refractivity contribution in [2.45, 2.75) is 42.2 Å². The molecule has 11 heteroatoms. The normalized spacial score (nSPS) is 22.4. The summed E-state index contributed by atoms with van der Waals surface area (Å²) in [5.74, 6) is -2.32. The van der Waals surface area contributed by atoms with E-state index in [1.54, 1.807) is 14.0 Å². The number of rotatable bonds is 6. The smallest absolute Gasteiger partial charge is 0.417 e. The number of carbonyl (C=O) groups is 1. The molecule has 0 spiro atoms. The van der Waals surface area contributed by atoms with Crippen LogP contribution in [0.15, 0.2) is 35.5 Å². The van der Waals surface area contributed by atoms with Gasteiger partial charge >= 0.3 is 12.1 Å². The van der Waals surface area contributed by atoms with Gasteiger partial charge in [-0.15, -0.1) is 0 Å². The number of halogens is 3. The molecule has 1 aromatic carbocycles. The molecule has 7 nitrogen and oxygen atoms in total. The van der Waals surface area contributed by atoms with E-state index in [-0.39, 0.29) is 25.0 Å². The first-order valence-corrected chi connectivity index (χ1v) is 10.8. The highest BCUT2D eigenvalue weighted by atomic mass is 32.2. The third-order valence-corrected chi connectivity index (χ3v) is 7.46. The predicted octanol–water partition coefficient (Wildman–Crippen LogP) is 3.15. The number of benzene rings is 1. The second-order valence-electron chi connectivity index (χ2n) is 7.19. The van der Waals surface area contributed by atoms with Gasteiger partial charge in [-0.1, -0.05) is 6.07 Å². The minimum Gasteiger partial charge on any atom is -0.481 e. The molecule has 1 N–H and O–H groups in total. The summed E-state index contributed by atoms with van der Waals surface area (Å²) in [5, 5.41) is 12.0. The van der Waals surface area contributed by atoms with Gasteiger partial charge in [0.2, 0.25) is 0 Å². The predicted molar refractivity (Wildman–Crippen MR) is 100 cm³/mol. The van der Waals surface area contributed by atoms with Gasteiger partial charge in [0, 0.05) is 25.4 Å². The molecule has 0 aliphatic heterocycles. The molecule has 1 saturated carbocycles. The minimum absolute atomic E-state index is 0.172. The largest absolute Gasteiger partial charge is 0.481 e. The van der Waals surface area contributed by atoms with E-state index < -0.39 is 49.7 Å². The van der Waals surface area contributed by atoms with E-state index in [2.05, 4.69) is 5.10 Å². The van der Waals surface area contributed by atoms with Crippen molar-refractivity contribution in [3.63, 3.8) is 0 Å². The maximum atomic E-state index is 13.8. The summed E-state index contributed by atoms with van der Waals surface area (Å²) in [6, 6.07) is 3.01. The molecule has 1 fully saturated rings. The quantitative estimate of drug-likeness (QED) is 0.732. The first kappa shape index (κ1) is 22.3. The van der Waals surface area contributed by atoms with Crippen LogP contribution in [0.5, 0.6) is 0 Å². The zero-order valence-electron chi connectivity index (χ0n) is 16.3. The van der Waals surface area contributed by atoms with Crippen LogP contribution in [0.1, 0.15) is 25.3 Å². The number of aromatic nitrogens is 2. The highest BCUT2D eigenvalue weighted by molar-refractivity contribution is 7.92. The van der Waals surface area contributed by atoms with Crippen LogP contribution in [0, 0.1) is 5.92 Å². The Labute approximate surface area is 171 Å². The first-order chi connectivity index (χ1) is 13.9. The van der Waals surface area contributed by atoms with Gasteiger partial charge in [-0.05, 0) is 37.5 Å². The fourth-order valence-electron chi connectivity index (χ4n) is 3.80. The summed E-state index contributed by atoms with van der Waals surface area (Å²) in [5.41, 5.74) is -0.692. The second-order valence-corrected chi connectivity index (χ2v) is 9.38. The lowest BCUT2D eigenvalue weighted by molar-refractivity contribution is -0.146. The van der Waals surface area contributed by atoms with Crippen LogP contribution in [0.4, 0.5) is 13.2 Å². The first-order valence-electron chi connectivity index (χ1n) is 9.23. The molecule has 0 bridgehead atoms. The van der Waals surface area contributed by atoms with Crippen molar-refractivity contribution in [3.8, 4) is 11.1 Å². The van der Waals surface area contributed by atoms with Gasteiger partial charge in [-0.3, -0.25) is 9.48 Å². The molecule has 2 aromatic rings. The zero-order valence-corrected chi connectivity index (χ0v) is 17.1. The number of aliphatic carboxylic acids is 1. The van der Waals surface area contributed by atoms with E-state index in [0.717, 1.165) is 12.1 Å². The van der Waals surface area contributed by atoms with E-state index in [0.29, 0.717) is 5.56 Å². The van der Waals surface area contributed by atoms with Gasteiger partial charge in [-0.2, -0.15) is 18.3 Å². The SMILES string of the molecule is CCO[C@@H]1C[C@H](S(=O)(=O)c2ccc(-c3cnn(C)c3)cc2C(F)(F)F)C[C@@H]1C(=O)O. The third kappa shape index (κ3) is 4.22. The number of sulfone groups is 1. The van der Waals surface area contributed by atoms with E-state index in [1.807, 2.05) is 0 Å². The van der Waals surface area contributed by atoms with Gasteiger partial charge in [-0.25, -0.2) is 8.42 Å². The lowest BCUT2D eigenvalue weighted by Gasteiger charge is -2.18. The number of aryl methyl sites for hydroxylation is 1. The Bertz CT molecular complexity index is 1050. The van der Waals surface area contributed by atoms with Crippen LogP contribution in [-0.4, -0.2) is 47.2 Å². The third-order valence-electron chi connectivity index (χ3n) is 5.23. The fraction of sp³-hybridized carbons (Fsp3) is 0.474. The average molecular weight is 446 g/mol. The molecule has 1 aliphatic rings.